The first-order valence-electron chi connectivity index (χ1n) is 10.4. The van der Waals surface area contributed by atoms with E-state index in [1.807, 2.05) is 54.6 Å². The number of methoxy groups -OCH3 is 2. The fourth-order valence-corrected chi connectivity index (χ4v) is 4.41. The van der Waals surface area contributed by atoms with Gasteiger partial charge in [0.1, 0.15) is 5.57 Å². The second-order valence-corrected chi connectivity index (χ2v) is 7.61. The molecule has 0 fully saturated rings. The van der Waals surface area contributed by atoms with Gasteiger partial charge >= 0.3 is 11.9 Å². The molecule has 0 heterocycles. The number of hydrogen-bond acceptors (Lipinski definition) is 6. The number of anilines is 1. The van der Waals surface area contributed by atoms with Crippen molar-refractivity contribution in [2.75, 3.05) is 19.5 Å². The van der Waals surface area contributed by atoms with Crippen molar-refractivity contribution in [3.63, 3.8) is 0 Å². The predicted octanol–water partition coefficient (Wildman–Crippen LogP) is 4.00. The van der Waals surface area contributed by atoms with Gasteiger partial charge in [-0.2, -0.15) is 0 Å². The van der Waals surface area contributed by atoms with E-state index in [-0.39, 0.29) is 5.57 Å². The molecule has 0 saturated carbocycles. The number of carbonyl (C=O) groups excluding carboxylic acids is 3. The van der Waals surface area contributed by atoms with Gasteiger partial charge in [0.2, 0.25) is 11.3 Å². The van der Waals surface area contributed by atoms with Crippen LogP contribution in [0.5, 0.6) is 0 Å². The number of esters is 2. The molecule has 0 spiro atoms. The molecule has 1 aliphatic carbocycles. The Bertz CT molecular complexity index is 1210. The SMILES string of the molecule is COC(=O)C1=C(c2ccccc2)C(c2ccccc2)C(Nc2ccccc2)(C(=O)OC)C1=O. The monoisotopic (exact) mass is 441 g/mol. The van der Waals surface area contributed by atoms with Crippen LogP contribution < -0.4 is 5.32 Å². The van der Waals surface area contributed by atoms with Crippen LogP contribution in [-0.4, -0.2) is 37.5 Å². The molecule has 0 radical (unpaired) electrons. The lowest BCUT2D eigenvalue weighted by atomic mass is 9.76. The number of para-hydroxylation sites is 1. The molecule has 2 atom stereocenters. The van der Waals surface area contributed by atoms with E-state index in [1.165, 1.54) is 14.2 Å². The fraction of sp³-hybridized carbons (Fsp3) is 0.148. The van der Waals surface area contributed by atoms with Crippen LogP contribution in [0.25, 0.3) is 5.57 Å². The molecule has 3 aromatic rings. The van der Waals surface area contributed by atoms with E-state index in [0.717, 1.165) is 0 Å². The molecule has 0 saturated heterocycles. The molecular formula is C27H23NO5. The summed E-state index contributed by atoms with van der Waals surface area (Å²) >= 11 is 0. The summed E-state index contributed by atoms with van der Waals surface area (Å²) in [4.78, 5) is 40.5. The Balaban J connectivity index is 2.06. The van der Waals surface area contributed by atoms with E-state index in [9.17, 15) is 14.4 Å². The summed E-state index contributed by atoms with van der Waals surface area (Å²) in [6.45, 7) is 0. The topological polar surface area (TPSA) is 81.7 Å². The Morgan fingerprint density at radius 2 is 1.33 bits per heavy atom. The summed E-state index contributed by atoms with van der Waals surface area (Å²) in [5.41, 5.74) is 0.180. The third kappa shape index (κ3) is 3.69. The van der Waals surface area contributed by atoms with Crippen LogP contribution in [0.4, 0.5) is 5.69 Å². The van der Waals surface area contributed by atoms with E-state index >= 15 is 0 Å². The van der Waals surface area contributed by atoms with Crippen LogP contribution in [0.15, 0.2) is 96.6 Å². The van der Waals surface area contributed by atoms with Crippen molar-refractivity contribution >= 4 is 29.0 Å². The third-order valence-electron chi connectivity index (χ3n) is 5.81. The number of hydrogen-bond donors (Lipinski definition) is 1. The summed E-state index contributed by atoms with van der Waals surface area (Å²) < 4.78 is 10.2. The Kier molecular flexibility index (Phi) is 6.09. The third-order valence-corrected chi connectivity index (χ3v) is 5.81. The fourth-order valence-electron chi connectivity index (χ4n) is 4.41. The largest absolute Gasteiger partial charge is 0.467 e. The standard InChI is InChI=1S/C27H23NO5/c1-32-25(30)22-21(18-12-6-3-7-13-18)23(19-14-8-4-9-15-19)27(24(22)29,26(31)33-2)28-20-16-10-5-11-17-20/h3-17,23,28H,1-2H3. The molecule has 0 aromatic heterocycles. The normalized spacial score (nSPS) is 19.8. The average Bonchev–Trinajstić information content (AvgIpc) is 3.13. The van der Waals surface area contributed by atoms with Gasteiger partial charge in [0.05, 0.1) is 20.1 Å². The molecule has 1 N–H and O–H groups in total. The Labute approximate surface area is 191 Å². The second kappa shape index (κ2) is 9.12. The minimum Gasteiger partial charge on any atom is -0.467 e. The average molecular weight is 441 g/mol. The van der Waals surface area contributed by atoms with Gasteiger partial charge in [0.25, 0.3) is 0 Å². The number of benzene rings is 3. The Morgan fingerprint density at radius 3 is 1.88 bits per heavy atom. The molecule has 166 valence electrons. The molecule has 0 amide bonds. The molecule has 0 aliphatic heterocycles. The zero-order valence-electron chi connectivity index (χ0n) is 18.3. The lowest BCUT2D eigenvalue weighted by molar-refractivity contribution is -0.149. The van der Waals surface area contributed by atoms with Crippen LogP contribution in [0, 0.1) is 0 Å². The lowest BCUT2D eigenvalue weighted by Crippen LogP contribution is -2.56. The van der Waals surface area contributed by atoms with Crippen molar-refractivity contribution < 1.29 is 23.9 Å². The smallest absolute Gasteiger partial charge is 0.341 e. The van der Waals surface area contributed by atoms with E-state index in [0.29, 0.717) is 22.4 Å². The Hall–Kier alpha value is -4.19. The molecule has 1 aliphatic rings. The maximum atomic E-state index is 14.1. The lowest BCUT2D eigenvalue weighted by Gasteiger charge is -2.35. The number of ether oxygens (including phenoxy) is 2. The van der Waals surface area contributed by atoms with Crippen molar-refractivity contribution in [3.8, 4) is 0 Å². The van der Waals surface area contributed by atoms with Crippen molar-refractivity contribution in [3.05, 3.63) is 108 Å². The van der Waals surface area contributed by atoms with Gasteiger partial charge in [-0.15, -0.1) is 0 Å². The van der Waals surface area contributed by atoms with Gasteiger partial charge in [0, 0.05) is 5.69 Å². The van der Waals surface area contributed by atoms with Gasteiger partial charge in [-0.3, -0.25) is 4.79 Å². The second-order valence-electron chi connectivity index (χ2n) is 7.61. The molecule has 33 heavy (non-hydrogen) atoms. The quantitative estimate of drug-likeness (QED) is 0.354. The van der Waals surface area contributed by atoms with Crippen LogP contribution in [0.3, 0.4) is 0 Å². The molecule has 0 bridgehead atoms. The predicted molar refractivity (Wildman–Crippen MR) is 124 cm³/mol. The van der Waals surface area contributed by atoms with Crippen molar-refractivity contribution in [2.45, 2.75) is 11.5 Å². The first kappa shape index (κ1) is 22.0. The van der Waals surface area contributed by atoms with Crippen LogP contribution in [-0.2, 0) is 23.9 Å². The van der Waals surface area contributed by atoms with Gasteiger partial charge in [-0.1, -0.05) is 78.9 Å². The highest BCUT2D eigenvalue weighted by atomic mass is 16.5. The van der Waals surface area contributed by atoms with Crippen LogP contribution in [0.2, 0.25) is 0 Å². The van der Waals surface area contributed by atoms with Gasteiger partial charge in [0.15, 0.2) is 0 Å². The summed E-state index contributed by atoms with van der Waals surface area (Å²) in [5.74, 6) is -3.15. The maximum absolute atomic E-state index is 14.1. The summed E-state index contributed by atoms with van der Waals surface area (Å²) in [6, 6.07) is 27.1. The molecule has 3 aromatic carbocycles. The van der Waals surface area contributed by atoms with Crippen LogP contribution >= 0.6 is 0 Å². The number of carbonyl (C=O) groups is 3. The highest BCUT2D eigenvalue weighted by Gasteiger charge is 2.63. The molecule has 2 unspecified atom stereocenters. The Morgan fingerprint density at radius 1 is 0.788 bits per heavy atom. The molecular weight excluding hydrogens is 418 g/mol. The summed E-state index contributed by atoms with van der Waals surface area (Å²) in [7, 11) is 2.44. The van der Waals surface area contributed by atoms with E-state index in [1.54, 1.807) is 36.4 Å². The first-order chi connectivity index (χ1) is 16.0. The van der Waals surface area contributed by atoms with Crippen molar-refractivity contribution in [2.24, 2.45) is 0 Å². The summed E-state index contributed by atoms with van der Waals surface area (Å²) in [5, 5.41) is 3.14. The number of Topliss-reactive ketones (excluding diaryl/α,β-unsaturated/α-hetero) is 1. The van der Waals surface area contributed by atoms with Crippen molar-refractivity contribution in [1.82, 2.24) is 0 Å². The molecule has 4 rings (SSSR count). The zero-order valence-corrected chi connectivity index (χ0v) is 18.3. The number of ketones is 1. The highest BCUT2D eigenvalue weighted by Crippen LogP contribution is 2.51. The number of nitrogens with one attached hydrogen (secondary N) is 1. The summed E-state index contributed by atoms with van der Waals surface area (Å²) in [6.07, 6.45) is 0. The van der Waals surface area contributed by atoms with Gasteiger partial charge in [-0.05, 0) is 28.8 Å². The zero-order chi connectivity index (χ0) is 23.4. The van der Waals surface area contributed by atoms with E-state index in [4.69, 9.17) is 9.47 Å². The van der Waals surface area contributed by atoms with E-state index < -0.39 is 29.2 Å². The minimum absolute atomic E-state index is 0.175. The van der Waals surface area contributed by atoms with Crippen LogP contribution in [0.1, 0.15) is 17.0 Å². The van der Waals surface area contributed by atoms with Gasteiger partial charge in [-0.25, -0.2) is 9.59 Å². The molecule has 6 heteroatoms. The molecule has 6 nitrogen and oxygen atoms in total. The minimum atomic E-state index is -1.91. The maximum Gasteiger partial charge on any atom is 0.341 e. The number of rotatable bonds is 6. The highest BCUT2D eigenvalue weighted by molar-refractivity contribution is 6.37. The van der Waals surface area contributed by atoms with Crippen molar-refractivity contribution in [1.29, 1.82) is 0 Å². The van der Waals surface area contributed by atoms with Gasteiger partial charge < -0.3 is 14.8 Å². The first-order valence-corrected chi connectivity index (χ1v) is 10.4. The van der Waals surface area contributed by atoms with E-state index in [2.05, 4.69) is 5.32 Å².